The minimum Gasteiger partial charge on any atom is -0.397 e. The van der Waals surface area contributed by atoms with Crippen LogP contribution in [-0.4, -0.2) is 84.5 Å². The number of aliphatic hydroxyl groups excluding tert-OH is 2. The van der Waals surface area contributed by atoms with E-state index in [4.69, 9.17) is 24.3 Å². The highest BCUT2D eigenvalue weighted by Gasteiger charge is 2.58. The second-order valence-corrected chi connectivity index (χ2v) is 15.5. The highest BCUT2D eigenvalue weighted by Crippen LogP contribution is 2.46. The molecular formula is C37H57N8O8P. The molecule has 3 aromatic heterocycles. The number of hydrogen-bond donors (Lipinski definition) is 4. The van der Waals surface area contributed by atoms with Crippen LogP contribution < -0.4 is 5.73 Å². The fraction of sp³-hybridized carbons (Fsp3) is 0.703. The van der Waals surface area contributed by atoms with E-state index in [1.165, 1.54) is 111 Å². The Bertz CT molecular complexity index is 1690. The molecule has 17 heteroatoms. The number of rotatable bonds is 27. The van der Waals surface area contributed by atoms with Gasteiger partial charge in [-0.2, -0.15) is 15.6 Å². The number of nitrogens with two attached hydrogens (primary N) is 1. The number of aromatic nitrogens is 5. The molecule has 16 nitrogen and oxygen atoms in total. The zero-order valence-electron chi connectivity index (χ0n) is 31.4. The van der Waals surface area contributed by atoms with Crippen molar-refractivity contribution in [2.24, 2.45) is 0 Å². The number of ether oxygens (including phenoxy) is 2. The normalized spacial score (nSPS) is 21.6. The van der Waals surface area contributed by atoms with Crippen molar-refractivity contribution >= 4 is 19.0 Å². The first-order valence-electron chi connectivity index (χ1n) is 19.3. The molecule has 0 spiro atoms. The van der Waals surface area contributed by atoms with Crippen LogP contribution in [0, 0.1) is 22.7 Å². The number of nitriles is 2. The molecule has 0 aromatic carbocycles. The van der Waals surface area contributed by atoms with E-state index < -0.39 is 44.4 Å². The number of fused-ring (bicyclic) bond motifs is 1. The molecule has 0 aliphatic carbocycles. The van der Waals surface area contributed by atoms with Crippen LogP contribution in [0.4, 0.5) is 5.69 Å². The summed E-state index contributed by atoms with van der Waals surface area (Å²) in [5.41, 5.74) is 4.91. The molecule has 3 aromatic rings. The highest BCUT2D eigenvalue weighted by molar-refractivity contribution is 7.47. The van der Waals surface area contributed by atoms with Crippen molar-refractivity contribution in [2.45, 2.75) is 140 Å². The van der Waals surface area contributed by atoms with Crippen molar-refractivity contribution in [3.63, 3.8) is 0 Å². The number of phosphoric acid groups is 1. The van der Waals surface area contributed by atoms with E-state index in [1.54, 1.807) is 12.1 Å². The lowest BCUT2D eigenvalue weighted by Crippen LogP contribution is -2.41. The number of nitrogen functional groups attached to an aromatic ring is 1. The molecule has 54 heavy (non-hydrogen) atoms. The third kappa shape index (κ3) is 12.3. The van der Waals surface area contributed by atoms with E-state index >= 15 is 0 Å². The largest absolute Gasteiger partial charge is 0.472 e. The number of hydrogen-bond acceptors (Lipinski definition) is 13. The molecule has 4 rings (SSSR count). The Kier molecular flexibility index (Phi) is 17.8. The van der Waals surface area contributed by atoms with Crippen LogP contribution >= 0.6 is 7.82 Å². The smallest absolute Gasteiger partial charge is 0.397 e. The van der Waals surface area contributed by atoms with Gasteiger partial charge >= 0.3 is 7.82 Å². The topological polar surface area (TPSA) is 236 Å². The summed E-state index contributed by atoms with van der Waals surface area (Å²) < 4.78 is 37.7. The average Bonchev–Trinajstić information content (AvgIpc) is 3.89. The summed E-state index contributed by atoms with van der Waals surface area (Å²) in [5, 5.41) is 52.9. The van der Waals surface area contributed by atoms with Gasteiger partial charge in [0.25, 0.3) is 0 Å². The summed E-state index contributed by atoms with van der Waals surface area (Å²) in [6.07, 6.45) is 18.3. The molecule has 298 valence electrons. The van der Waals surface area contributed by atoms with Gasteiger partial charge in [-0.15, -0.1) is 5.10 Å². The molecule has 4 heterocycles. The predicted octanol–water partition coefficient (Wildman–Crippen LogP) is 5.87. The zero-order valence-corrected chi connectivity index (χ0v) is 32.3. The van der Waals surface area contributed by atoms with Gasteiger partial charge in [-0.25, -0.2) is 13.8 Å². The lowest BCUT2D eigenvalue weighted by atomic mass is 9.92. The molecule has 0 bridgehead atoms. The number of unbranched alkanes of at least 4 members (excludes halogenated alkanes) is 15. The Hall–Kier alpha value is -3.44. The molecular weight excluding hydrogens is 715 g/mol. The predicted molar refractivity (Wildman–Crippen MR) is 200 cm³/mol. The molecule has 1 unspecified atom stereocenters. The molecule has 1 aliphatic rings. The van der Waals surface area contributed by atoms with Crippen LogP contribution in [0.2, 0.25) is 0 Å². The molecule has 1 fully saturated rings. The molecule has 1 aliphatic heterocycles. The van der Waals surface area contributed by atoms with Crippen molar-refractivity contribution in [3.05, 3.63) is 42.0 Å². The van der Waals surface area contributed by atoms with Crippen molar-refractivity contribution in [1.82, 2.24) is 24.6 Å². The summed E-state index contributed by atoms with van der Waals surface area (Å²) in [4.78, 5) is 10.5. The third-order valence-electron chi connectivity index (χ3n) is 9.88. The Morgan fingerprint density at radius 1 is 0.944 bits per heavy atom. The molecule has 1 saturated heterocycles. The van der Waals surface area contributed by atoms with E-state index in [-0.39, 0.29) is 24.6 Å². The molecule has 6 atom stereocenters. The molecule has 0 saturated carbocycles. The van der Waals surface area contributed by atoms with Crippen LogP contribution in [0.3, 0.4) is 0 Å². The summed E-state index contributed by atoms with van der Waals surface area (Å²) in [7, 11) is -4.77. The molecule has 0 radical (unpaired) electrons. The number of phosphoric ester groups is 1. The monoisotopic (exact) mass is 772 g/mol. The van der Waals surface area contributed by atoms with Crippen molar-refractivity contribution in [1.29, 1.82) is 10.5 Å². The second-order valence-electron chi connectivity index (χ2n) is 14.0. The maximum absolute atomic E-state index is 12.9. The van der Waals surface area contributed by atoms with Gasteiger partial charge in [0, 0.05) is 12.8 Å². The van der Waals surface area contributed by atoms with E-state index in [1.807, 2.05) is 12.1 Å². The van der Waals surface area contributed by atoms with Gasteiger partial charge in [0.05, 0.1) is 42.9 Å². The first-order chi connectivity index (χ1) is 26.2. The summed E-state index contributed by atoms with van der Waals surface area (Å²) in [5.74, 6) is 0. The number of anilines is 1. The van der Waals surface area contributed by atoms with Gasteiger partial charge in [-0.1, -0.05) is 108 Å². The number of aliphatic hydroxyl groups is 2. The minimum absolute atomic E-state index is 0.0572. The summed E-state index contributed by atoms with van der Waals surface area (Å²) in [6, 6.07) is 7.75. The van der Waals surface area contributed by atoms with Crippen molar-refractivity contribution in [2.75, 3.05) is 32.2 Å². The minimum atomic E-state index is -4.77. The molecule has 5 N–H and O–H groups in total. The number of nitrogens with zero attached hydrogens (tertiary/aromatic N) is 7. The first kappa shape index (κ1) is 43.3. The third-order valence-corrected chi connectivity index (χ3v) is 10.8. The van der Waals surface area contributed by atoms with E-state index in [0.717, 1.165) is 19.3 Å². The zero-order chi connectivity index (χ0) is 38.8. The van der Waals surface area contributed by atoms with Crippen LogP contribution in [0.15, 0.2) is 30.6 Å². The lowest BCUT2D eigenvalue weighted by molar-refractivity contribution is -0.0646. The van der Waals surface area contributed by atoms with Gasteiger partial charge in [0.2, 0.25) is 5.60 Å². The van der Waals surface area contributed by atoms with Gasteiger partial charge in [-0.3, -0.25) is 9.05 Å². The van der Waals surface area contributed by atoms with E-state index in [2.05, 4.69) is 22.3 Å². The fourth-order valence-corrected chi connectivity index (χ4v) is 7.47. The van der Waals surface area contributed by atoms with Crippen LogP contribution in [0.1, 0.15) is 127 Å². The Labute approximate surface area is 317 Å². The van der Waals surface area contributed by atoms with Crippen molar-refractivity contribution < 1.29 is 38.2 Å². The lowest BCUT2D eigenvalue weighted by Gasteiger charge is -2.24. The van der Waals surface area contributed by atoms with Gasteiger partial charge in [0.1, 0.15) is 36.5 Å². The average molecular weight is 773 g/mol. The van der Waals surface area contributed by atoms with Crippen LogP contribution in [0.25, 0.3) is 5.52 Å². The quantitative estimate of drug-likeness (QED) is 0.0524. The second kappa shape index (κ2) is 22.2. The molecule has 0 amide bonds. The maximum Gasteiger partial charge on any atom is 0.472 e. The van der Waals surface area contributed by atoms with Gasteiger partial charge < -0.3 is 30.3 Å². The Morgan fingerprint density at radius 3 is 2.17 bits per heavy atom. The van der Waals surface area contributed by atoms with E-state index in [0.29, 0.717) is 17.8 Å². The Morgan fingerprint density at radius 2 is 1.57 bits per heavy atom. The van der Waals surface area contributed by atoms with Gasteiger partial charge in [0.15, 0.2) is 5.69 Å². The first-order valence-corrected chi connectivity index (χ1v) is 20.8. The summed E-state index contributed by atoms with van der Waals surface area (Å²) in [6.45, 7) is 1.71. The fourth-order valence-electron chi connectivity index (χ4n) is 6.70. The highest BCUT2D eigenvalue weighted by atomic mass is 31.2. The maximum atomic E-state index is 12.9. The Balaban J connectivity index is 1.16. The standard InChI is InChI=1S/C37H57N8O8P/c1-2-3-4-5-6-7-8-9-10-11-12-13-14-15-16-17-22-50-25-30(44-24-29(23-38)42-43-44)26-51-54(48,49)52-27-33-35(46)36(47)37(28-39,53-33)34-19-18-32-31(40)20-21-41-45(32)34/h18-21,24,30,33,35-36,46-47H,2-17,22,25-27,40H2,1H3,(H,48,49)/t30-,33-,35-,36-,37+/m1/s1. The summed E-state index contributed by atoms with van der Waals surface area (Å²) >= 11 is 0. The van der Waals surface area contributed by atoms with Crippen LogP contribution in [0.5, 0.6) is 0 Å². The van der Waals surface area contributed by atoms with Crippen LogP contribution in [-0.2, 0) is 28.7 Å². The van der Waals surface area contributed by atoms with E-state index in [9.17, 15) is 30.2 Å². The SMILES string of the molecule is CCCCCCCCCCCCCCCCCCOC[C@H](COP(=O)(O)OC[C@H]1O[C@@](C#N)(c2ccc3c(N)ccnn23)[C@H](O)[C@@H]1O)n1cc(C#N)nn1. The van der Waals surface area contributed by atoms with Gasteiger partial charge in [-0.05, 0) is 24.6 Å². The van der Waals surface area contributed by atoms with Crippen molar-refractivity contribution in [3.8, 4) is 12.1 Å².